The summed E-state index contributed by atoms with van der Waals surface area (Å²) in [6, 6.07) is 12.7. The Balaban J connectivity index is 1.69. The molecule has 132 valence electrons. The average Bonchev–Trinajstić information content (AvgIpc) is 3.02. The molecule has 25 heavy (non-hydrogen) atoms. The number of aliphatic hydroxyl groups excluding tert-OH is 1. The van der Waals surface area contributed by atoms with E-state index in [2.05, 4.69) is 0 Å². The van der Waals surface area contributed by atoms with Crippen LogP contribution in [0.2, 0.25) is 0 Å². The standard InChI is InChI=1S/C19H20FNO4/c1-24-16-6-3-7-17(10-16)25-12-19(23)21-11-15(22)9-18(21)13-4-2-5-14(20)8-13/h2-8,10,15,18,22H,9,11-12H2,1H3/t15-,18+/m1/s1. The molecule has 1 aliphatic rings. The van der Waals surface area contributed by atoms with Gasteiger partial charge in [-0.2, -0.15) is 0 Å². The summed E-state index contributed by atoms with van der Waals surface area (Å²) in [7, 11) is 1.56. The van der Waals surface area contributed by atoms with Crippen molar-refractivity contribution in [3.8, 4) is 11.5 Å². The molecule has 0 aliphatic carbocycles. The van der Waals surface area contributed by atoms with Gasteiger partial charge >= 0.3 is 0 Å². The van der Waals surface area contributed by atoms with E-state index >= 15 is 0 Å². The molecule has 2 atom stereocenters. The number of carbonyl (C=O) groups excluding carboxylic acids is 1. The lowest BCUT2D eigenvalue weighted by Crippen LogP contribution is -2.35. The van der Waals surface area contributed by atoms with Crippen molar-refractivity contribution in [2.75, 3.05) is 20.3 Å². The number of ether oxygens (including phenoxy) is 2. The third kappa shape index (κ3) is 4.09. The second-order valence-corrected chi connectivity index (χ2v) is 5.97. The Morgan fingerprint density at radius 2 is 2.00 bits per heavy atom. The molecular formula is C19H20FNO4. The molecule has 2 aromatic carbocycles. The van der Waals surface area contributed by atoms with Crippen molar-refractivity contribution in [2.45, 2.75) is 18.6 Å². The molecule has 1 saturated heterocycles. The first kappa shape index (κ1) is 17.2. The largest absolute Gasteiger partial charge is 0.497 e. The van der Waals surface area contributed by atoms with E-state index in [9.17, 15) is 14.3 Å². The van der Waals surface area contributed by atoms with Crippen molar-refractivity contribution in [2.24, 2.45) is 0 Å². The maximum absolute atomic E-state index is 13.5. The normalized spacial score (nSPS) is 19.7. The fraction of sp³-hybridized carbons (Fsp3) is 0.316. The zero-order chi connectivity index (χ0) is 17.8. The van der Waals surface area contributed by atoms with Crippen LogP contribution in [0.4, 0.5) is 4.39 Å². The summed E-state index contributed by atoms with van der Waals surface area (Å²) in [5, 5.41) is 9.96. The van der Waals surface area contributed by atoms with Crippen LogP contribution in [0.3, 0.4) is 0 Å². The Labute approximate surface area is 145 Å². The van der Waals surface area contributed by atoms with E-state index in [1.54, 1.807) is 48.4 Å². The highest BCUT2D eigenvalue weighted by atomic mass is 19.1. The van der Waals surface area contributed by atoms with Gasteiger partial charge in [0.1, 0.15) is 17.3 Å². The number of nitrogens with zero attached hydrogens (tertiary/aromatic N) is 1. The summed E-state index contributed by atoms with van der Waals surface area (Å²) >= 11 is 0. The van der Waals surface area contributed by atoms with Crippen LogP contribution in [0, 0.1) is 5.82 Å². The summed E-state index contributed by atoms with van der Waals surface area (Å²) in [4.78, 5) is 14.1. The summed E-state index contributed by atoms with van der Waals surface area (Å²) < 4.78 is 24.1. The van der Waals surface area contributed by atoms with Crippen molar-refractivity contribution >= 4 is 5.91 Å². The molecule has 3 rings (SSSR count). The predicted octanol–water partition coefficient (Wildman–Crippen LogP) is 2.55. The fourth-order valence-corrected chi connectivity index (χ4v) is 3.04. The molecular weight excluding hydrogens is 325 g/mol. The van der Waals surface area contributed by atoms with Gasteiger partial charge in [-0.3, -0.25) is 4.79 Å². The Morgan fingerprint density at radius 3 is 2.76 bits per heavy atom. The van der Waals surface area contributed by atoms with Gasteiger partial charge in [-0.1, -0.05) is 18.2 Å². The van der Waals surface area contributed by atoms with Crippen LogP contribution in [-0.2, 0) is 4.79 Å². The number of benzene rings is 2. The van der Waals surface area contributed by atoms with Crippen molar-refractivity contribution < 1.29 is 23.8 Å². The van der Waals surface area contributed by atoms with Crippen LogP contribution in [0.5, 0.6) is 11.5 Å². The molecule has 0 unspecified atom stereocenters. The Bertz CT molecular complexity index is 752. The Kier molecular flexibility index (Phi) is 5.19. The second kappa shape index (κ2) is 7.53. The number of hydrogen-bond donors (Lipinski definition) is 1. The minimum Gasteiger partial charge on any atom is -0.497 e. The molecule has 0 spiro atoms. The lowest BCUT2D eigenvalue weighted by atomic mass is 10.0. The maximum atomic E-state index is 13.5. The highest BCUT2D eigenvalue weighted by Gasteiger charge is 2.35. The van der Waals surface area contributed by atoms with E-state index in [-0.39, 0.29) is 30.9 Å². The summed E-state index contributed by atoms with van der Waals surface area (Å²) in [5.74, 6) is 0.543. The highest BCUT2D eigenvalue weighted by Crippen LogP contribution is 2.32. The molecule has 1 amide bonds. The molecule has 1 N–H and O–H groups in total. The number of halogens is 1. The zero-order valence-corrected chi connectivity index (χ0v) is 13.9. The fourth-order valence-electron chi connectivity index (χ4n) is 3.04. The molecule has 1 fully saturated rings. The van der Waals surface area contributed by atoms with Crippen LogP contribution in [0.15, 0.2) is 48.5 Å². The van der Waals surface area contributed by atoms with Gasteiger partial charge in [0.2, 0.25) is 0 Å². The molecule has 5 nitrogen and oxygen atoms in total. The summed E-state index contributed by atoms with van der Waals surface area (Å²) in [5.41, 5.74) is 0.672. The van der Waals surface area contributed by atoms with Gasteiger partial charge in [0.05, 0.1) is 19.3 Å². The van der Waals surface area contributed by atoms with Crippen LogP contribution in [0.1, 0.15) is 18.0 Å². The zero-order valence-electron chi connectivity index (χ0n) is 13.9. The third-order valence-electron chi connectivity index (χ3n) is 4.24. The monoisotopic (exact) mass is 345 g/mol. The summed E-state index contributed by atoms with van der Waals surface area (Å²) in [6.45, 7) is 0.0488. The van der Waals surface area contributed by atoms with Crippen LogP contribution < -0.4 is 9.47 Å². The molecule has 0 bridgehead atoms. The minimum absolute atomic E-state index is 0.161. The number of likely N-dealkylation sites (tertiary alicyclic amines) is 1. The minimum atomic E-state index is -0.631. The van der Waals surface area contributed by atoms with Gasteiger partial charge in [0, 0.05) is 12.6 Å². The SMILES string of the molecule is COc1cccc(OCC(=O)N2C[C@H](O)C[C@H]2c2cccc(F)c2)c1. The predicted molar refractivity (Wildman–Crippen MR) is 90.0 cm³/mol. The van der Waals surface area contributed by atoms with Gasteiger partial charge < -0.3 is 19.5 Å². The summed E-state index contributed by atoms with van der Waals surface area (Å²) in [6.07, 6.45) is -0.247. The van der Waals surface area contributed by atoms with E-state index in [4.69, 9.17) is 9.47 Å². The second-order valence-electron chi connectivity index (χ2n) is 5.97. The molecule has 0 aromatic heterocycles. The van der Waals surface area contributed by atoms with Crippen LogP contribution in [0.25, 0.3) is 0 Å². The van der Waals surface area contributed by atoms with Crippen molar-refractivity contribution in [1.29, 1.82) is 0 Å². The van der Waals surface area contributed by atoms with E-state index < -0.39 is 6.10 Å². The van der Waals surface area contributed by atoms with Gasteiger partial charge in [0.25, 0.3) is 5.91 Å². The first-order valence-electron chi connectivity index (χ1n) is 8.06. The first-order valence-corrected chi connectivity index (χ1v) is 8.06. The molecule has 6 heteroatoms. The number of hydrogen-bond acceptors (Lipinski definition) is 4. The lowest BCUT2D eigenvalue weighted by Gasteiger charge is -2.25. The van der Waals surface area contributed by atoms with Gasteiger partial charge in [-0.15, -0.1) is 0 Å². The number of β-amino-alcohol motifs (C(OH)–C–C–N with tert-alkyl or cyclic N) is 1. The number of methoxy groups -OCH3 is 1. The van der Waals surface area contributed by atoms with E-state index in [0.29, 0.717) is 23.5 Å². The van der Waals surface area contributed by atoms with E-state index in [1.807, 2.05) is 0 Å². The van der Waals surface area contributed by atoms with Crippen molar-refractivity contribution in [1.82, 2.24) is 4.90 Å². The smallest absolute Gasteiger partial charge is 0.261 e. The number of carbonyl (C=O) groups is 1. The topological polar surface area (TPSA) is 59.0 Å². The Hall–Kier alpha value is -2.60. The van der Waals surface area contributed by atoms with Crippen LogP contribution in [-0.4, -0.2) is 42.3 Å². The average molecular weight is 345 g/mol. The molecule has 2 aromatic rings. The molecule has 1 aliphatic heterocycles. The molecule has 0 saturated carbocycles. The third-order valence-corrected chi connectivity index (χ3v) is 4.24. The van der Waals surface area contributed by atoms with Crippen molar-refractivity contribution in [3.63, 3.8) is 0 Å². The van der Waals surface area contributed by atoms with Crippen LogP contribution >= 0.6 is 0 Å². The quantitative estimate of drug-likeness (QED) is 0.905. The lowest BCUT2D eigenvalue weighted by molar-refractivity contribution is -0.134. The maximum Gasteiger partial charge on any atom is 0.261 e. The van der Waals surface area contributed by atoms with Gasteiger partial charge in [-0.25, -0.2) is 4.39 Å². The molecule has 1 heterocycles. The number of rotatable bonds is 5. The number of aliphatic hydroxyl groups is 1. The highest BCUT2D eigenvalue weighted by molar-refractivity contribution is 5.78. The number of amides is 1. The molecule has 0 radical (unpaired) electrons. The first-order chi connectivity index (χ1) is 12.1. The van der Waals surface area contributed by atoms with E-state index in [1.165, 1.54) is 12.1 Å². The Morgan fingerprint density at radius 1 is 1.24 bits per heavy atom. The van der Waals surface area contributed by atoms with E-state index in [0.717, 1.165) is 0 Å². The van der Waals surface area contributed by atoms with Gasteiger partial charge in [-0.05, 0) is 36.2 Å². The van der Waals surface area contributed by atoms with Crippen molar-refractivity contribution in [3.05, 3.63) is 59.9 Å². The van der Waals surface area contributed by atoms with Gasteiger partial charge in [0.15, 0.2) is 6.61 Å².